The minimum absolute atomic E-state index is 0.468. The van der Waals surface area contributed by atoms with Gasteiger partial charge in [0.05, 0.1) is 0 Å². The van der Waals surface area contributed by atoms with Crippen molar-refractivity contribution in [2.45, 2.75) is 0 Å². The Morgan fingerprint density at radius 2 is 1.62 bits per heavy atom. The Kier molecular flexibility index (Phi) is 1.08. The van der Waals surface area contributed by atoms with E-state index < -0.39 is 0 Å². The third-order valence-electron chi connectivity index (χ3n) is 5.46. The SMILES string of the molecule is C1=CC2C3C=C4C(C2C=C1)C41C=CC=CC31. The molecule has 0 saturated heterocycles. The van der Waals surface area contributed by atoms with Crippen LogP contribution in [0.2, 0.25) is 0 Å². The maximum Gasteiger partial charge on any atom is 0.0238 e. The second-order valence-electron chi connectivity index (χ2n) is 5.80. The van der Waals surface area contributed by atoms with Crippen LogP contribution in [-0.2, 0) is 0 Å². The fourth-order valence-electron chi connectivity index (χ4n) is 4.92. The number of hydrogen-bond acceptors (Lipinski definition) is 0. The maximum absolute atomic E-state index is 2.60. The van der Waals surface area contributed by atoms with Crippen LogP contribution in [0, 0.1) is 35.0 Å². The quantitative estimate of drug-likeness (QED) is 0.534. The molecule has 5 aliphatic rings. The highest BCUT2D eigenvalue weighted by molar-refractivity contribution is 5.59. The van der Waals surface area contributed by atoms with Gasteiger partial charge in [0.25, 0.3) is 0 Å². The zero-order valence-corrected chi connectivity index (χ0v) is 9.08. The van der Waals surface area contributed by atoms with Crippen molar-refractivity contribution < 1.29 is 0 Å². The molecule has 0 radical (unpaired) electrons. The molecule has 16 heavy (non-hydrogen) atoms. The van der Waals surface area contributed by atoms with Gasteiger partial charge in [0.2, 0.25) is 0 Å². The van der Waals surface area contributed by atoms with Crippen molar-refractivity contribution >= 4 is 0 Å². The van der Waals surface area contributed by atoms with Crippen LogP contribution in [0.4, 0.5) is 0 Å². The van der Waals surface area contributed by atoms with Gasteiger partial charge in [0.1, 0.15) is 0 Å². The van der Waals surface area contributed by atoms with Crippen LogP contribution in [-0.4, -0.2) is 0 Å². The van der Waals surface area contributed by atoms with E-state index in [-0.39, 0.29) is 0 Å². The summed E-state index contributed by atoms with van der Waals surface area (Å²) in [6.45, 7) is 0. The van der Waals surface area contributed by atoms with Crippen LogP contribution < -0.4 is 0 Å². The molecular weight excluding hydrogens is 192 g/mol. The van der Waals surface area contributed by atoms with Crippen molar-refractivity contribution in [3.05, 3.63) is 60.3 Å². The summed E-state index contributed by atoms with van der Waals surface area (Å²) in [7, 11) is 0. The first-order valence-corrected chi connectivity index (χ1v) is 6.36. The smallest absolute Gasteiger partial charge is 0.0238 e. The van der Waals surface area contributed by atoms with Crippen LogP contribution in [0.5, 0.6) is 0 Å². The van der Waals surface area contributed by atoms with Crippen molar-refractivity contribution in [3.63, 3.8) is 0 Å². The number of rotatable bonds is 0. The van der Waals surface area contributed by atoms with E-state index in [0.29, 0.717) is 5.41 Å². The van der Waals surface area contributed by atoms with Crippen LogP contribution in [0.15, 0.2) is 60.3 Å². The molecule has 2 saturated carbocycles. The molecule has 1 spiro atoms. The first-order chi connectivity index (χ1) is 7.93. The van der Waals surface area contributed by atoms with E-state index >= 15 is 0 Å². The van der Waals surface area contributed by atoms with E-state index in [2.05, 4.69) is 54.7 Å². The summed E-state index contributed by atoms with van der Waals surface area (Å²) in [5.41, 5.74) is 2.22. The fraction of sp³-hybridized carbons (Fsp3) is 0.375. The highest BCUT2D eigenvalue weighted by atomic mass is 14.8. The molecule has 2 bridgehead atoms. The summed E-state index contributed by atoms with van der Waals surface area (Å²) in [6.07, 6.45) is 21.4. The first-order valence-electron chi connectivity index (χ1n) is 6.36. The topological polar surface area (TPSA) is 0 Å². The highest BCUT2D eigenvalue weighted by Crippen LogP contribution is 2.79. The van der Waals surface area contributed by atoms with E-state index in [9.17, 15) is 0 Å². The van der Waals surface area contributed by atoms with E-state index in [0.717, 1.165) is 29.6 Å². The fourth-order valence-corrected chi connectivity index (χ4v) is 4.92. The Labute approximate surface area is 95.7 Å². The lowest BCUT2D eigenvalue weighted by Crippen LogP contribution is -2.38. The molecule has 78 valence electrons. The van der Waals surface area contributed by atoms with Crippen LogP contribution in [0.1, 0.15) is 0 Å². The van der Waals surface area contributed by atoms with Crippen molar-refractivity contribution in [2.24, 2.45) is 35.0 Å². The van der Waals surface area contributed by atoms with Crippen molar-refractivity contribution in [3.8, 4) is 0 Å². The van der Waals surface area contributed by atoms with Gasteiger partial charge in [-0.25, -0.2) is 0 Å². The molecule has 0 N–H and O–H groups in total. The second-order valence-corrected chi connectivity index (χ2v) is 5.80. The first kappa shape index (κ1) is 7.89. The van der Waals surface area contributed by atoms with Gasteiger partial charge in [-0.15, -0.1) is 0 Å². The van der Waals surface area contributed by atoms with Crippen LogP contribution in [0.3, 0.4) is 0 Å². The summed E-state index contributed by atoms with van der Waals surface area (Å²) >= 11 is 0. The van der Waals surface area contributed by atoms with Gasteiger partial charge in [-0.1, -0.05) is 60.3 Å². The lowest BCUT2D eigenvalue weighted by atomic mass is 9.60. The van der Waals surface area contributed by atoms with Gasteiger partial charge in [0.15, 0.2) is 0 Å². The molecular formula is C16H14. The molecule has 5 aliphatic carbocycles. The Morgan fingerprint density at radius 3 is 2.56 bits per heavy atom. The molecule has 0 aromatic carbocycles. The average molecular weight is 206 g/mol. The van der Waals surface area contributed by atoms with E-state index in [4.69, 9.17) is 0 Å². The lowest BCUT2D eigenvalue weighted by Gasteiger charge is -2.43. The highest BCUT2D eigenvalue weighted by Gasteiger charge is 2.73. The summed E-state index contributed by atoms with van der Waals surface area (Å²) in [4.78, 5) is 0. The van der Waals surface area contributed by atoms with Crippen molar-refractivity contribution in [1.82, 2.24) is 0 Å². The van der Waals surface area contributed by atoms with Gasteiger partial charge in [0, 0.05) is 11.3 Å². The molecule has 6 atom stereocenters. The number of allylic oxidation sites excluding steroid dienone is 10. The minimum Gasteiger partial charge on any atom is -0.0802 e. The zero-order valence-electron chi connectivity index (χ0n) is 9.08. The van der Waals surface area contributed by atoms with Gasteiger partial charge < -0.3 is 0 Å². The van der Waals surface area contributed by atoms with Crippen molar-refractivity contribution in [2.75, 3.05) is 0 Å². The van der Waals surface area contributed by atoms with Crippen molar-refractivity contribution in [1.29, 1.82) is 0 Å². The second kappa shape index (κ2) is 2.20. The standard InChI is InChI=1S/C16H14/c1-2-6-11-10(5-1)12-9-14-15(11)16(14)8-4-3-7-13(12)16/h1-13,15H. The molecule has 0 amide bonds. The Bertz CT molecular complexity index is 512. The van der Waals surface area contributed by atoms with Gasteiger partial charge in [-0.2, -0.15) is 0 Å². The van der Waals surface area contributed by atoms with Gasteiger partial charge in [-0.05, 0) is 23.7 Å². The molecule has 2 fully saturated rings. The van der Waals surface area contributed by atoms with E-state index in [1.165, 1.54) is 0 Å². The maximum atomic E-state index is 2.60. The largest absolute Gasteiger partial charge is 0.0802 e. The lowest BCUT2D eigenvalue weighted by molar-refractivity contribution is 0.164. The Hall–Kier alpha value is -1.30. The molecule has 0 aliphatic heterocycles. The van der Waals surface area contributed by atoms with E-state index in [1.54, 1.807) is 5.57 Å². The Morgan fingerprint density at radius 1 is 0.812 bits per heavy atom. The summed E-state index contributed by atoms with van der Waals surface area (Å²) in [5, 5.41) is 0. The van der Waals surface area contributed by atoms with Crippen LogP contribution in [0.25, 0.3) is 0 Å². The predicted molar refractivity (Wildman–Crippen MR) is 64.5 cm³/mol. The molecule has 0 heteroatoms. The monoisotopic (exact) mass is 206 g/mol. The Balaban J connectivity index is 1.73. The zero-order chi connectivity index (χ0) is 10.3. The molecule has 6 unspecified atom stereocenters. The molecule has 0 heterocycles. The summed E-state index contributed by atoms with van der Waals surface area (Å²) in [5.74, 6) is 3.94. The van der Waals surface area contributed by atoms with E-state index in [1.807, 2.05) is 0 Å². The molecule has 5 rings (SSSR count). The normalized spacial score (nSPS) is 57.0. The summed E-state index contributed by atoms with van der Waals surface area (Å²) < 4.78 is 0. The molecule has 0 nitrogen and oxygen atoms in total. The third-order valence-corrected chi connectivity index (χ3v) is 5.46. The molecule has 0 aromatic heterocycles. The number of fused-ring (bicyclic) bond motifs is 4. The van der Waals surface area contributed by atoms with Gasteiger partial charge >= 0.3 is 0 Å². The third kappa shape index (κ3) is 0.603. The van der Waals surface area contributed by atoms with Gasteiger partial charge in [-0.3, -0.25) is 0 Å². The molecule has 0 aromatic rings. The minimum atomic E-state index is 0.468. The average Bonchev–Trinajstić information content (AvgIpc) is 2.88. The van der Waals surface area contributed by atoms with Crippen LogP contribution >= 0.6 is 0 Å². The number of hydrogen-bond donors (Lipinski definition) is 0. The summed E-state index contributed by atoms with van der Waals surface area (Å²) in [6, 6.07) is 0. The predicted octanol–water partition coefficient (Wildman–Crippen LogP) is 3.27.